The average molecular weight is 286 g/mol. The third-order valence-corrected chi connectivity index (χ3v) is 4.04. The molecule has 1 aromatic carbocycles. The molecule has 0 spiro atoms. The molecule has 0 radical (unpaired) electrons. The fraction of sp³-hybridized carbons (Fsp3) is 0.571. The molecule has 4 nitrogen and oxygen atoms in total. The van der Waals surface area contributed by atoms with E-state index in [1.165, 1.54) is 0 Å². The summed E-state index contributed by atoms with van der Waals surface area (Å²) in [5.74, 6) is 1.56. The van der Waals surface area contributed by atoms with Gasteiger partial charge in [-0.05, 0) is 30.4 Å². The molecule has 0 aromatic heterocycles. The van der Waals surface area contributed by atoms with Crippen LogP contribution in [0.25, 0.3) is 0 Å². The number of ether oxygens (including phenoxy) is 3. The van der Waals surface area contributed by atoms with Gasteiger partial charge in [0.15, 0.2) is 11.5 Å². The van der Waals surface area contributed by atoms with Crippen LogP contribution in [0, 0.1) is 5.92 Å². The zero-order chi connectivity index (χ0) is 13.8. The van der Waals surface area contributed by atoms with Crippen LogP contribution in [0.5, 0.6) is 11.5 Å². The van der Waals surface area contributed by atoms with Crippen molar-refractivity contribution < 1.29 is 14.2 Å². The zero-order valence-electron chi connectivity index (χ0n) is 11.3. The predicted octanol–water partition coefficient (Wildman–Crippen LogP) is 2.78. The van der Waals surface area contributed by atoms with Gasteiger partial charge in [0.2, 0.25) is 0 Å². The van der Waals surface area contributed by atoms with Crippen molar-refractivity contribution in [2.45, 2.75) is 18.9 Å². The first kappa shape index (κ1) is 14.4. The van der Waals surface area contributed by atoms with E-state index in [1.54, 1.807) is 14.2 Å². The molecule has 0 unspecified atom stereocenters. The lowest BCUT2D eigenvalue weighted by Crippen LogP contribution is -2.27. The summed E-state index contributed by atoms with van der Waals surface area (Å²) in [5.41, 5.74) is 7.26. The van der Waals surface area contributed by atoms with Crippen molar-refractivity contribution in [2.24, 2.45) is 11.7 Å². The van der Waals surface area contributed by atoms with Gasteiger partial charge in [-0.3, -0.25) is 0 Å². The van der Waals surface area contributed by atoms with Crippen LogP contribution in [-0.2, 0) is 4.74 Å². The summed E-state index contributed by atoms with van der Waals surface area (Å²) in [4.78, 5) is 0. The quantitative estimate of drug-likeness (QED) is 0.924. The maximum Gasteiger partial charge on any atom is 0.179 e. The van der Waals surface area contributed by atoms with Crippen LogP contribution in [0.4, 0.5) is 0 Å². The Balaban J connectivity index is 2.28. The molecule has 2 rings (SSSR count). The number of methoxy groups -OCH3 is 2. The van der Waals surface area contributed by atoms with Gasteiger partial charge in [-0.2, -0.15) is 0 Å². The normalized spacial score (nSPS) is 18.1. The van der Waals surface area contributed by atoms with E-state index < -0.39 is 0 Å². The van der Waals surface area contributed by atoms with Crippen LogP contribution in [0.1, 0.15) is 24.4 Å². The molecule has 1 fully saturated rings. The zero-order valence-corrected chi connectivity index (χ0v) is 12.1. The first-order valence-electron chi connectivity index (χ1n) is 6.42. The van der Waals surface area contributed by atoms with E-state index >= 15 is 0 Å². The van der Waals surface area contributed by atoms with E-state index in [-0.39, 0.29) is 6.04 Å². The minimum absolute atomic E-state index is 0.101. The van der Waals surface area contributed by atoms with Gasteiger partial charge < -0.3 is 19.9 Å². The topological polar surface area (TPSA) is 53.7 Å². The van der Waals surface area contributed by atoms with Crippen LogP contribution in [0.15, 0.2) is 12.1 Å². The molecule has 1 aliphatic rings. The van der Waals surface area contributed by atoms with E-state index in [2.05, 4.69) is 0 Å². The summed E-state index contributed by atoms with van der Waals surface area (Å²) in [6.45, 7) is 1.53. The lowest BCUT2D eigenvalue weighted by molar-refractivity contribution is 0.0583. The number of benzene rings is 1. The minimum atomic E-state index is -0.101. The summed E-state index contributed by atoms with van der Waals surface area (Å²) < 4.78 is 15.9. The Labute approximate surface area is 118 Å². The lowest BCUT2D eigenvalue weighted by atomic mass is 9.87. The standard InChI is InChI=1S/C14H20ClNO3/c1-17-11-4-3-10(12(15)14(11)18-2)13(16)9-5-7-19-8-6-9/h3-4,9,13H,5-8,16H2,1-2H3/t13-/m0/s1. The first-order chi connectivity index (χ1) is 9.19. The molecule has 5 heteroatoms. The second kappa shape index (κ2) is 6.46. The summed E-state index contributed by atoms with van der Waals surface area (Å²) >= 11 is 6.39. The Hall–Kier alpha value is -0.970. The Kier molecular flexibility index (Phi) is 4.91. The van der Waals surface area contributed by atoms with Gasteiger partial charge in [0, 0.05) is 19.3 Å². The molecular formula is C14H20ClNO3. The lowest BCUT2D eigenvalue weighted by Gasteiger charge is -2.28. The van der Waals surface area contributed by atoms with Gasteiger partial charge in [0.25, 0.3) is 0 Å². The molecule has 2 N–H and O–H groups in total. The van der Waals surface area contributed by atoms with Gasteiger partial charge in [0.1, 0.15) is 0 Å². The summed E-state index contributed by atoms with van der Waals surface area (Å²) in [7, 11) is 3.17. The molecule has 0 bridgehead atoms. The summed E-state index contributed by atoms with van der Waals surface area (Å²) in [5, 5.41) is 0.542. The van der Waals surface area contributed by atoms with Crippen LogP contribution in [-0.4, -0.2) is 27.4 Å². The third kappa shape index (κ3) is 2.96. The number of rotatable bonds is 4. The van der Waals surface area contributed by atoms with Crippen LogP contribution in [0.3, 0.4) is 0 Å². The van der Waals surface area contributed by atoms with E-state index in [9.17, 15) is 0 Å². The molecule has 0 aliphatic carbocycles. The molecule has 106 valence electrons. The Morgan fingerprint density at radius 2 is 1.95 bits per heavy atom. The maximum atomic E-state index is 6.39. The minimum Gasteiger partial charge on any atom is -0.493 e. The van der Waals surface area contributed by atoms with E-state index in [1.807, 2.05) is 12.1 Å². The Bertz CT molecular complexity index is 433. The fourth-order valence-corrected chi connectivity index (χ4v) is 2.85. The van der Waals surface area contributed by atoms with E-state index in [0.29, 0.717) is 22.4 Å². The fourth-order valence-electron chi connectivity index (χ4n) is 2.49. The molecule has 0 saturated carbocycles. The highest BCUT2D eigenvalue weighted by atomic mass is 35.5. The van der Waals surface area contributed by atoms with Crippen LogP contribution < -0.4 is 15.2 Å². The summed E-state index contributed by atoms with van der Waals surface area (Å²) in [6, 6.07) is 3.67. The Morgan fingerprint density at radius 3 is 2.53 bits per heavy atom. The molecule has 0 amide bonds. The SMILES string of the molecule is COc1ccc([C@@H](N)C2CCOCC2)c(Cl)c1OC. The molecule has 19 heavy (non-hydrogen) atoms. The van der Waals surface area contributed by atoms with Crippen LogP contribution >= 0.6 is 11.6 Å². The van der Waals surface area contributed by atoms with E-state index in [0.717, 1.165) is 31.6 Å². The average Bonchev–Trinajstić information content (AvgIpc) is 2.47. The highest BCUT2D eigenvalue weighted by Crippen LogP contribution is 2.41. The Morgan fingerprint density at radius 1 is 1.26 bits per heavy atom. The van der Waals surface area contributed by atoms with Crippen molar-refractivity contribution in [3.8, 4) is 11.5 Å². The second-order valence-corrected chi connectivity index (χ2v) is 5.06. The van der Waals surface area contributed by atoms with E-state index in [4.69, 9.17) is 31.5 Å². The van der Waals surface area contributed by atoms with Gasteiger partial charge in [-0.25, -0.2) is 0 Å². The smallest absolute Gasteiger partial charge is 0.179 e. The number of hydrogen-bond donors (Lipinski definition) is 1. The highest BCUT2D eigenvalue weighted by Gasteiger charge is 2.26. The molecule has 1 aromatic rings. The molecule has 1 saturated heterocycles. The number of hydrogen-bond acceptors (Lipinski definition) is 4. The van der Waals surface area contributed by atoms with Crippen molar-refractivity contribution in [1.29, 1.82) is 0 Å². The van der Waals surface area contributed by atoms with Crippen molar-refractivity contribution >= 4 is 11.6 Å². The third-order valence-electron chi connectivity index (χ3n) is 3.65. The number of halogens is 1. The largest absolute Gasteiger partial charge is 0.493 e. The van der Waals surface area contributed by atoms with Gasteiger partial charge >= 0.3 is 0 Å². The molecule has 1 heterocycles. The predicted molar refractivity (Wildman–Crippen MR) is 75.0 cm³/mol. The van der Waals surface area contributed by atoms with Gasteiger partial charge in [-0.15, -0.1) is 0 Å². The van der Waals surface area contributed by atoms with Crippen molar-refractivity contribution in [3.05, 3.63) is 22.7 Å². The number of nitrogens with two attached hydrogens (primary N) is 1. The molecular weight excluding hydrogens is 266 g/mol. The summed E-state index contributed by atoms with van der Waals surface area (Å²) in [6.07, 6.45) is 1.93. The second-order valence-electron chi connectivity index (χ2n) is 4.68. The van der Waals surface area contributed by atoms with Gasteiger partial charge in [0.05, 0.1) is 19.2 Å². The molecule has 1 atom stereocenters. The van der Waals surface area contributed by atoms with Gasteiger partial charge in [-0.1, -0.05) is 17.7 Å². The van der Waals surface area contributed by atoms with Crippen molar-refractivity contribution in [2.75, 3.05) is 27.4 Å². The monoisotopic (exact) mass is 285 g/mol. The van der Waals surface area contributed by atoms with Crippen molar-refractivity contribution in [3.63, 3.8) is 0 Å². The van der Waals surface area contributed by atoms with Crippen molar-refractivity contribution in [1.82, 2.24) is 0 Å². The highest BCUT2D eigenvalue weighted by molar-refractivity contribution is 6.33. The van der Waals surface area contributed by atoms with Crippen LogP contribution in [0.2, 0.25) is 5.02 Å². The maximum absolute atomic E-state index is 6.39. The first-order valence-corrected chi connectivity index (χ1v) is 6.80. The molecule has 1 aliphatic heterocycles.